The molecule has 0 spiro atoms. The summed E-state index contributed by atoms with van der Waals surface area (Å²) in [5.41, 5.74) is 0.824. The van der Waals surface area contributed by atoms with Gasteiger partial charge in [-0.1, -0.05) is 6.07 Å². The van der Waals surface area contributed by atoms with E-state index in [-0.39, 0.29) is 29.8 Å². The normalized spacial score (nSPS) is 17.5. The van der Waals surface area contributed by atoms with Crippen molar-refractivity contribution in [2.45, 2.75) is 45.7 Å². The number of amides is 2. The van der Waals surface area contributed by atoms with E-state index in [4.69, 9.17) is 0 Å². The van der Waals surface area contributed by atoms with Gasteiger partial charge in [0.05, 0.1) is 6.04 Å². The highest BCUT2D eigenvalue weighted by Crippen LogP contribution is 2.20. The van der Waals surface area contributed by atoms with Crippen molar-refractivity contribution in [2.75, 3.05) is 18.4 Å². The summed E-state index contributed by atoms with van der Waals surface area (Å²) in [7, 11) is 0. The molecule has 1 aromatic rings. The Balaban J connectivity index is 1.84. The first-order chi connectivity index (χ1) is 11.4. The molecule has 24 heavy (non-hydrogen) atoms. The highest BCUT2D eigenvalue weighted by molar-refractivity contribution is 14.1. The molecule has 132 valence electrons. The number of halogens is 1. The van der Waals surface area contributed by atoms with E-state index in [2.05, 4.69) is 38.1 Å². The standard InChI is InChI=1S/C18H26IN3O2/c1-12(2)20-18(24)14-7-9-22(10-8-14)13(3)17(23)21-16-6-4-5-15(19)11-16/h4-6,11-14H,7-10H2,1-3H3,(H,20,24)(H,21,23). The van der Waals surface area contributed by atoms with E-state index < -0.39 is 0 Å². The number of rotatable bonds is 5. The lowest BCUT2D eigenvalue weighted by Crippen LogP contribution is -2.48. The highest BCUT2D eigenvalue weighted by Gasteiger charge is 2.29. The summed E-state index contributed by atoms with van der Waals surface area (Å²) in [6.07, 6.45) is 1.61. The zero-order chi connectivity index (χ0) is 17.7. The number of nitrogens with one attached hydrogen (secondary N) is 2. The van der Waals surface area contributed by atoms with Crippen LogP contribution in [0.25, 0.3) is 0 Å². The van der Waals surface area contributed by atoms with Gasteiger partial charge < -0.3 is 10.6 Å². The molecule has 1 aliphatic heterocycles. The number of nitrogens with zero attached hydrogens (tertiary/aromatic N) is 1. The molecule has 0 saturated carbocycles. The maximum absolute atomic E-state index is 12.4. The van der Waals surface area contributed by atoms with Crippen LogP contribution in [0.1, 0.15) is 33.6 Å². The van der Waals surface area contributed by atoms with Crippen LogP contribution < -0.4 is 10.6 Å². The third-order valence-electron chi connectivity index (χ3n) is 4.35. The minimum atomic E-state index is -0.197. The SMILES string of the molecule is CC(C)NC(=O)C1CCN(C(C)C(=O)Nc2cccc(I)c2)CC1. The first-order valence-electron chi connectivity index (χ1n) is 8.47. The Morgan fingerprint density at radius 2 is 1.88 bits per heavy atom. The van der Waals surface area contributed by atoms with E-state index in [1.165, 1.54) is 0 Å². The lowest BCUT2D eigenvalue weighted by Gasteiger charge is -2.35. The van der Waals surface area contributed by atoms with Crippen molar-refractivity contribution in [1.82, 2.24) is 10.2 Å². The van der Waals surface area contributed by atoms with Crippen LogP contribution in [0, 0.1) is 9.49 Å². The predicted octanol–water partition coefficient (Wildman–Crippen LogP) is 2.85. The molecule has 1 saturated heterocycles. The topological polar surface area (TPSA) is 61.4 Å². The van der Waals surface area contributed by atoms with Crippen LogP contribution in [0.2, 0.25) is 0 Å². The lowest BCUT2D eigenvalue weighted by atomic mass is 9.94. The summed E-state index contributed by atoms with van der Waals surface area (Å²) in [4.78, 5) is 26.7. The maximum atomic E-state index is 12.4. The summed E-state index contributed by atoms with van der Waals surface area (Å²) < 4.78 is 1.09. The molecule has 1 unspecified atom stereocenters. The molecule has 0 aliphatic carbocycles. The number of carbonyl (C=O) groups excluding carboxylic acids is 2. The first-order valence-corrected chi connectivity index (χ1v) is 9.55. The van der Waals surface area contributed by atoms with Crippen LogP contribution in [-0.4, -0.2) is 41.9 Å². The van der Waals surface area contributed by atoms with E-state index in [1.54, 1.807) is 0 Å². The third-order valence-corrected chi connectivity index (χ3v) is 5.02. The number of hydrogen-bond acceptors (Lipinski definition) is 3. The Labute approximate surface area is 157 Å². The van der Waals surface area contributed by atoms with Gasteiger partial charge in [-0.25, -0.2) is 0 Å². The summed E-state index contributed by atoms with van der Waals surface area (Å²) in [6.45, 7) is 7.43. The number of benzene rings is 1. The minimum Gasteiger partial charge on any atom is -0.354 e. The van der Waals surface area contributed by atoms with Gasteiger partial charge in [0.2, 0.25) is 11.8 Å². The molecule has 1 aromatic carbocycles. The van der Waals surface area contributed by atoms with Crippen LogP contribution in [0.15, 0.2) is 24.3 Å². The van der Waals surface area contributed by atoms with Crippen molar-refractivity contribution in [1.29, 1.82) is 0 Å². The average Bonchev–Trinajstić information content (AvgIpc) is 2.53. The minimum absolute atomic E-state index is 0.00193. The largest absolute Gasteiger partial charge is 0.354 e. The number of piperidine rings is 1. The predicted molar refractivity (Wildman–Crippen MR) is 105 cm³/mol. The van der Waals surface area contributed by atoms with E-state index in [1.807, 2.05) is 45.0 Å². The van der Waals surface area contributed by atoms with E-state index in [0.717, 1.165) is 35.2 Å². The molecular weight excluding hydrogens is 417 g/mol. The molecule has 0 bridgehead atoms. The van der Waals surface area contributed by atoms with E-state index in [9.17, 15) is 9.59 Å². The molecule has 0 radical (unpaired) electrons. The van der Waals surface area contributed by atoms with Gasteiger partial charge in [0.1, 0.15) is 0 Å². The van der Waals surface area contributed by atoms with Gasteiger partial charge in [-0.2, -0.15) is 0 Å². The zero-order valence-electron chi connectivity index (χ0n) is 14.5. The van der Waals surface area contributed by atoms with Crippen LogP contribution in [0.5, 0.6) is 0 Å². The van der Waals surface area contributed by atoms with Crippen molar-refractivity contribution in [3.63, 3.8) is 0 Å². The van der Waals surface area contributed by atoms with Gasteiger partial charge in [0.25, 0.3) is 0 Å². The van der Waals surface area contributed by atoms with Crippen LogP contribution in [0.4, 0.5) is 5.69 Å². The van der Waals surface area contributed by atoms with Crippen LogP contribution in [0.3, 0.4) is 0 Å². The average molecular weight is 443 g/mol. The quantitative estimate of drug-likeness (QED) is 0.689. The van der Waals surface area contributed by atoms with Gasteiger partial charge in [0.15, 0.2) is 0 Å². The number of carbonyl (C=O) groups is 2. The molecular formula is C18H26IN3O2. The molecule has 0 aromatic heterocycles. The summed E-state index contributed by atoms with van der Waals surface area (Å²) >= 11 is 2.23. The molecule has 1 aliphatic rings. The van der Waals surface area contributed by atoms with Crippen molar-refractivity contribution in [3.05, 3.63) is 27.8 Å². The smallest absolute Gasteiger partial charge is 0.241 e. The number of hydrogen-bond donors (Lipinski definition) is 2. The molecule has 5 nitrogen and oxygen atoms in total. The molecule has 2 N–H and O–H groups in total. The Bertz CT molecular complexity index is 583. The second-order valence-corrected chi connectivity index (χ2v) is 7.89. The molecule has 1 heterocycles. The Morgan fingerprint density at radius 1 is 1.21 bits per heavy atom. The second kappa shape index (κ2) is 8.80. The van der Waals surface area contributed by atoms with Gasteiger partial charge in [0, 0.05) is 21.2 Å². The van der Waals surface area contributed by atoms with Crippen molar-refractivity contribution < 1.29 is 9.59 Å². The Morgan fingerprint density at radius 3 is 2.46 bits per heavy atom. The maximum Gasteiger partial charge on any atom is 0.241 e. The van der Waals surface area contributed by atoms with Gasteiger partial charge >= 0.3 is 0 Å². The Hall–Kier alpha value is -1.15. The van der Waals surface area contributed by atoms with Crippen molar-refractivity contribution in [3.8, 4) is 0 Å². The summed E-state index contributed by atoms with van der Waals surface area (Å²) in [5, 5.41) is 5.95. The molecule has 6 heteroatoms. The lowest BCUT2D eigenvalue weighted by molar-refractivity contribution is -0.127. The zero-order valence-corrected chi connectivity index (χ0v) is 16.7. The van der Waals surface area contributed by atoms with Crippen LogP contribution in [-0.2, 0) is 9.59 Å². The van der Waals surface area contributed by atoms with Gasteiger partial charge in [-0.15, -0.1) is 0 Å². The monoisotopic (exact) mass is 443 g/mol. The molecule has 1 fully saturated rings. The molecule has 2 rings (SSSR count). The number of anilines is 1. The third kappa shape index (κ3) is 5.44. The van der Waals surface area contributed by atoms with E-state index in [0.29, 0.717) is 0 Å². The van der Waals surface area contributed by atoms with Crippen molar-refractivity contribution in [2.24, 2.45) is 5.92 Å². The van der Waals surface area contributed by atoms with Gasteiger partial charge in [-0.3, -0.25) is 14.5 Å². The summed E-state index contributed by atoms with van der Waals surface area (Å²) in [6, 6.07) is 7.75. The van der Waals surface area contributed by atoms with Crippen LogP contribution >= 0.6 is 22.6 Å². The molecule has 1 atom stereocenters. The molecule has 2 amide bonds. The highest BCUT2D eigenvalue weighted by atomic mass is 127. The van der Waals surface area contributed by atoms with Gasteiger partial charge in [-0.05, 0) is 87.5 Å². The summed E-state index contributed by atoms with van der Waals surface area (Å²) in [5.74, 6) is 0.206. The fourth-order valence-corrected chi connectivity index (χ4v) is 3.47. The van der Waals surface area contributed by atoms with E-state index >= 15 is 0 Å². The van der Waals surface area contributed by atoms with Crippen molar-refractivity contribution >= 4 is 40.1 Å². The first kappa shape index (κ1) is 19.2. The fourth-order valence-electron chi connectivity index (χ4n) is 2.93. The second-order valence-electron chi connectivity index (χ2n) is 6.65. The fraction of sp³-hybridized carbons (Fsp3) is 0.556. The Kier molecular flexibility index (Phi) is 7.03. The number of likely N-dealkylation sites (tertiary alicyclic amines) is 1.